The maximum absolute atomic E-state index is 12.3. The second-order valence-corrected chi connectivity index (χ2v) is 5.79. The number of anilines is 2. The van der Waals surface area contributed by atoms with E-state index in [0.29, 0.717) is 6.61 Å². The minimum atomic E-state index is -0.339. The Morgan fingerprint density at radius 1 is 1.09 bits per heavy atom. The molecule has 0 saturated carbocycles. The van der Waals surface area contributed by atoms with Gasteiger partial charge < -0.3 is 15.4 Å². The maximum Gasteiger partial charge on any atom is 0.246 e. The Morgan fingerprint density at radius 3 is 2.57 bits per heavy atom. The zero-order valence-electron chi connectivity index (χ0n) is 14.1. The molecule has 0 aliphatic carbocycles. The van der Waals surface area contributed by atoms with Crippen LogP contribution in [0.25, 0.3) is 0 Å². The first-order valence-electron chi connectivity index (χ1n) is 7.72. The number of methoxy groups -OCH3 is 1. The van der Waals surface area contributed by atoms with Crippen LogP contribution in [-0.4, -0.2) is 19.1 Å². The summed E-state index contributed by atoms with van der Waals surface area (Å²) in [4.78, 5) is 12.3. The van der Waals surface area contributed by atoms with Crippen molar-refractivity contribution in [2.75, 3.05) is 17.7 Å². The molecule has 0 radical (unpaired) electrons. The Hall–Kier alpha value is -2.33. The standard InChI is InChI=1S/C19H24N2O2/c1-13-8-9-18(10-14(13)2)21-19(22)15(3)20-17-7-5-6-16(11-17)12-23-4/h5-11,15,20H,12H2,1-4H3,(H,21,22). The number of rotatable bonds is 6. The van der Waals surface area contributed by atoms with Crippen LogP contribution in [0.1, 0.15) is 23.6 Å². The first kappa shape index (κ1) is 17.0. The minimum absolute atomic E-state index is 0.0644. The predicted molar refractivity (Wildman–Crippen MR) is 94.8 cm³/mol. The SMILES string of the molecule is COCc1cccc(NC(C)C(=O)Nc2ccc(C)c(C)c2)c1. The van der Waals surface area contributed by atoms with Crippen molar-refractivity contribution < 1.29 is 9.53 Å². The highest BCUT2D eigenvalue weighted by Gasteiger charge is 2.13. The summed E-state index contributed by atoms with van der Waals surface area (Å²) in [6.45, 7) is 6.49. The van der Waals surface area contributed by atoms with E-state index in [4.69, 9.17) is 4.74 Å². The maximum atomic E-state index is 12.3. The average Bonchev–Trinajstić information content (AvgIpc) is 2.51. The van der Waals surface area contributed by atoms with Gasteiger partial charge in [-0.05, 0) is 61.7 Å². The van der Waals surface area contributed by atoms with E-state index in [1.165, 1.54) is 5.56 Å². The molecule has 4 nitrogen and oxygen atoms in total. The second-order valence-electron chi connectivity index (χ2n) is 5.79. The number of hydrogen-bond donors (Lipinski definition) is 2. The van der Waals surface area contributed by atoms with Gasteiger partial charge in [-0.1, -0.05) is 18.2 Å². The molecule has 1 atom stereocenters. The van der Waals surface area contributed by atoms with E-state index < -0.39 is 0 Å². The van der Waals surface area contributed by atoms with Gasteiger partial charge in [-0.15, -0.1) is 0 Å². The summed E-state index contributed by atoms with van der Waals surface area (Å²) in [7, 11) is 1.67. The largest absolute Gasteiger partial charge is 0.380 e. The van der Waals surface area contributed by atoms with Crippen molar-refractivity contribution in [2.24, 2.45) is 0 Å². The molecule has 1 amide bonds. The molecule has 0 aliphatic heterocycles. The lowest BCUT2D eigenvalue weighted by Gasteiger charge is -2.16. The van der Waals surface area contributed by atoms with Crippen LogP contribution in [0.3, 0.4) is 0 Å². The normalized spacial score (nSPS) is 11.8. The van der Waals surface area contributed by atoms with Crippen molar-refractivity contribution in [2.45, 2.75) is 33.4 Å². The van der Waals surface area contributed by atoms with Crippen molar-refractivity contribution in [3.63, 3.8) is 0 Å². The third kappa shape index (κ3) is 4.83. The highest BCUT2D eigenvalue weighted by Crippen LogP contribution is 2.16. The van der Waals surface area contributed by atoms with Crippen molar-refractivity contribution >= 4 is 17.3 Å². The fourth-order valence-electron chi connectivity index (χ4n) is 2.30. The van der Waals surface area contributed by atoms with Gasteiger partial charge in [0.05, 0.1) is 6.61 Å². The fourth-order valence-corrected chi connectivity index (χ4v) is 2.30. The summed E-state index contributed by atoms with van der Waals surface area (Å²) in [5.74, 6) is -0.0644. The summed E-state index contributed by atoms with van der Waals surface area (Å²) < 4.78 is 5.13. The molecule has 2 aromatic carbocycles. The van der Waals surface area contributed by atoms with Crippen molar-refractivity contribution in [3.8, 4) is 0 Å². The summed E-state index contributed by atoms with van der Waals surface area (Å²) >= 11 is 0. The van der Waals surface area contributed by atoms with E-state index >= 15 is 0 Å². The predicted octanol–water partition coefficient (Wildman–Crippen LogP) is 3.89. The summed E-state index contributed by atoms with van der Waals surface area (Å²) in [6, 6.07) is 13.5. The minimum Gasteiger partial charge on any atom is -0.380 e. The van der Waals surface area contributed by atoms with Gasteiger partial charge in [-0.25, -0.2) is 0 Å². The zero-order valence-corrected chi connectivity index (χ0v) is 14.1. The molecule has 0 saturated heterocycles. The number of carbonyl (C=O) groups excluding carboxylic acids is 1. The summed E-state index contributed by atoms with van der Waals surface area (Å²) in [5.41, 5.74) is 5.17. The molecule has 122 valence electrons. The third-order valence-corrected chi connectivity index (χ3v) is 3.79. The van der Waals surface area contributed by atoms with Crippen LogP contribution < -0.4 is 10.6 Å². The molecule has 0 aromatic heterocycles. The molecule has 0 bridgehead atoms. The van der Waals surface area contributed by atoms with E-state index in [9.17, 15) is 4.79 Å². The van der Waals surface area contributed by atoms with Gasteiger partial charge in [0.25, 0.3) is 0 Å². The second kappa shape index (κ2) is 7.79. The molecular formula is C19H24N2O2. The van der Waals surface area contributed by atoms with Crippen LogP contribution in [0.15, 0.2) is 42.5 Å². The van der Waals surface area contributed by atoms with E-state index in [-0.39, 0.29) is 11.9 Å². The van der Waals surface area contributed by atoms with Gasteiger partial charge in [0, 0.05) is 18.5 Å². The topological polar surface area (TPSA) is 50.4 Å². The van der Waals surface area contributed by atoms with Gasteiger partial charge in [-0.3, -0.25) is 4.79 Å². The highest BCUT2D eigenvalue weighted by molar-refractivity contribution is 5.96. The lowest BCUT2D eigenvalue weighted by atomic mass is 10.1. The number of amides is 1. The fraction of sp³-hybridized carbons (Fsp3) is 0.316. The molecule has 1 unspecified atom stereocenters. The van der Waals surface area contributed by atoms with Crippen LogP contribution in [0.5, 0.6) is 0 Å². The molecule has 0 heterocycles. The van der Waals surface area contributed by atoms with Crippen molar-refractivity contribution in [1.29, 1.82) is 0 Å². The summed E-state index contributed by atoms with van der Waals surface area (Å²) in [5, 5.41) is 6.16. The average molecular weight is 312 g/mol. The highest BCUT2D eigenvalue weighted by atomic mass is 16.5. The molecule has 2 N–H and O–H groups in total. The molecule has 4 heteroatoms. The first-order chi connectivity index (χ1) is 11.0. The van der Waals surface area contributed by atoms with Gasteiger partial charge in [0.1, 0.15) is 6.04 Å². The Bertz CT molecular complexity index is 683. The number of carbonyl (C=O) groups is 1. The van der Waals surface area contributed by atoms with E-state index in [1.54, 1.807) is 7.11 Å². The number of benzene rings is 2. The van der Waals surface area contributed by atoms with Crippen LogP contribution in [0.2, 0.25) is 0 Å². The van der Waals surface area contributed by atoms with Crippen LogP contribution in [-0.2, 0) is 16.1 Å². The molecular weight excluding hydrogens is 288 g/mol. The monoisotopic (exact) mass is 312 g/mol. The Balaban J connectivity index is 1.99. The quantitative estimate of drug-likeness (QED) is 0.851. The Morgan fingerprint density at radius 2 is 1.87 bits per heavy atom. The molecule has 2 rings (SSSR count). The molecule has 0 spiro atoms. The Kier molecular flexibility index (Phi) is 5.77. The number of ether oxygens (including phenoxy) is 1. The van der Waals surface area contributed by atoms with Gasteiger partial charge in [0.2, 0.25) is 5.91 Å². The molecule has 0 fully saturated rings. The summed E-state index contributed by atoms with van der Waals surface area (Å²) in [6.07, 6.45) is 0. The number of hydrogen-bond acceptors (Lipinski definition) is 3. The molecule has 0 aliphatic rings. The lowest BCUT2D eigenvalue weighted by Crippen LogP contribution is -2.31. The van der Waals surface area contributed by atoms with Gasteiger partial charge in [0.15, 0.2) is 0 Å². The van der Waals surface area contributed by atoms with E-state index in [2.05, 4.69) is 17.6 Å². The van der Waals surface area contributed by atoms with Crippen LogP contribution in [0.4, 0.5) is 11.4 Å². The smallest absolute Gasteiger partial charge is 0.246 e. The Labute approximate surface area is 137 Å². The van der Waals surface area contributed by atoms with Gasteiger partial charge >= 0.3 is 0 Å². The third-order valence-electron chi connectivity index (χ3n) is 3.79. The lowest BCUT2D eigenvalue weighted by molar-refractivity contribution is -0.116. The van der Waals surface area contributed by atoms with Gasteiger partial charge in [-0.2, -0.15) is 0 Å². The molecule has 23 heavy (non-hydrogen) atoms. The number of aryl methyl sites for hydroxylation is 2. The van der Waals surface area contributed by atoms with Crippen LogP contribution in [0, 0.1) is 13.8 Å². The molecule has 2 aromatic rings. The van der Waals surface area contributed by atoms with Crippen molar-refractivity contribution in [1.82, 2.24) is 0 Å². The van der Waals surface area contributed by atoms with Crippen molar-refractivity contribution in [3.05, 3.63) is 59.2 Å². The van der Waals surface area contributed by atoms with Crippen LogP contribution >= 0.6 is 0 Å². The number of nitrogens with one attached hydrogen (secondary N) is 2. The van der Waals surface area contributed by atoms with E-state index in [0.717, 1.165) is 22.5 Å². The zero-order chi connectivity index (χ0) is 16.8. The van der Waals surface area contributed by atoms with E-state index in [1.807, 2.05) is 56.3 Å². The first-order valence-corrected chi connectivity index (χ1v) is 7.72.